The van der Waals surface area contributed by atoms with E-state index in [1.54, 1.807) is 19.2 Å². The van der Waals surface area contributed by atoms with E-state index >= 15 is 0 Å². The monoisotopic (exact) mass is 518 g/mol. The van der Waals surface area contributed by atoms with Crippen molar-refractivity contribution in [1.82, 2.24) is 10.2 Å². The normalized spacial score (nSPS) is 17.3. The molecule has 198 valence electrons. The second kappa shape index (κ2) is 11.0. The summed E-state index contributed by atoms with van der Waals surface area (Å²) in [5, 5.41) is 17.0. The fraction of sp³-hybridized carbons (Fsp3) is 0.345. The summed E-state index contributed by atoms with van der Waals surface area (Å²) in [6, 6.07) is 15.0. The van der Waals surface area contributed by atoms with Crippen LogP contribution in [0, 0.1) is 5.92 Å². The number of ether oxygens (including phenoxy) is 3. The molecule has 2 N–H and O–H groups in total. The first-order valence-electron chi connectivity index (χ1n) is 12.6. The van der Waals surface area contributed by atoms with Crippen molar-refractivity contribution in [1.29, 1.82) is 0 Å². The van der Waals surface area contributed by atoms with Gasteiger partial charge in [0.15, 0.2) is 11.5 Å². The molecule has 0 aliphatic heterocycles. The van der Waals surface area contributed by atoms with Crippen molar-refractivity contribution in [3.8, 4) is 28.6 Å². The lowest BCUT2D eigenvalue weighted by molar-refractivity contribution is -0.138. The van der Waals surface area contributed by atoms with Crippen molar-refractivity contribution >= 4 is 16.9 Å². The maximum Gasteiger partial charge on any atom is 0.336 e. The number of carboxylic acid groups (broad SMARTS) is 1. The van der Waals surface area contributed by atoms with Crippen molar-refractivity contribution in [3.63, 3.8) is 0 Å². The molecule has 1 aliphatic carbocycles. The van der Waals surface area contributed by atoms with Crippen LogP contribution >= 0.6 is 0 Å². The second-order valence-corrected chi connectivity index (χ2v) is 9.64. The number of aromatic amines is 1. The topological polar surface area (TPSA) is 124 Å². The molecule has 2 aromatic carbocycles. The van der Waals surface area contributed by atoms with Crippen LogP contribution in [-0.2, 0) is 11.4 Å². The number of fused-ring (bicyclic) bond motifs is 1. The predicted molar refractivity (Wildman–Crippen MR) is 141 cm³/mol. The number of aliphatic carboxylic acids is 1. The summed E-state index contributed by atoms with van der Waals surface area (Å²) in [6.07, 6.45) is 4.22. The Kier molecular flexibility index (Phi) is 7.35. The van der Waals surface area contributed by atoms with Gasteiger partial charge in [-0.3, -0.25) is 9.89 Å². The minimum atomic E-state index is -0.704. The number of rotatable bonds is 9. The molecule has 2 heterocycles. The van der Waals surface area contributed by atoms with Gasteiger partial charge in [-0.25, -0.2) is 4.79 Å². The van der Waals surface area contributed by atoms with Crippen molar-refractivity contribution in [2.24, 2.45) is 5.92 Å². The minimum Gasteiger partial charge on any atom is -0.493 e. The first-order valence-corrected chi connectivity index (χ1v) is 12.6. The molecule has 1 fully saturated rings. The van der Waals surface area contributed by atoms with Crippen LogP contribution in [0.1, 0.15) is 49.1 Å². The fourth-order valence-electron chi connectivity index (χ4n) is 5.23. The quantitative estimate of drug-likeness (QED) is 0.277. The highest BCUT2D eigenvalue weighted by Gasteiger charge is 2.24. The summed E-state index contributed by atoms with van der Waals surface area (Å²) in [6.45, 7) is 0.116. The average molecular weight is 519 g/mol. The Morgan fingerprint density at radius 1 is 1.03 bits per heavy atom. The van der Waals surface area contributed by atoms with E-state index < -0.39 is 11.6 Å². The van der Waals surface area contributed by atoms with Gasteiger partial charge >= 0.3 is 11.6 Å². The molecule has 0 saturated heterocycles. The molecule has 0 amide bonds. The molecule has 0 bridgehead atoms. The first kappa shape index (κ1) is 25.4. The highest BCUT2D eigenvalue weighted by molar-refractivity contribution is 5.84. The summed E-state index contributed by atoms with van der Waals surface area (Å²) < 4.78 is 21.9. The Morgan fingerprint density at radius 2 is 1.74 bits per heavy atom. The molecule has 9 nitrogen and oxygen atoms in total. The molecule has 0 spiro atoms. The van der Waals surface area contributed by atoms with Gasteiger partial charge in [0.25, 0.3) is 0 Å². The third kappa shape index (κ3) is 5.51. The van der Waals surface area contributed by atoms with E-state index in [4.69, 9.17) is 23.7 Å². The number of nitrogens with one attached hydrogen (secondary N) is 1. The standard InChI is InChI=1S/C29H30N2O7/c1-35-25-13-22-21(12-29(34)38-24(22)15-26(25)36-2)16-37-27-14-23(30-31-27)20-9-7-19(8-10-20)18-5-3-17(4-6-18)11-28(32)33/h7-10,12-15,17-18H,3-6,11,16H2,1-2H3,(H,30,31)(H,32,33). The lowest BCUT2D eigenvalue weighted by atomic mass is 9.77. The van der Waals surface area contributed by atoms with E-state index in [1.807, 2.05) is 6.07 Å². The third-order valence-corrected chi connectivity index (χ3v) is 7.27. The molecular formula is C29H30N2O7. The highest BCUT2D eigenvalue weighted by atomic mass is 16.5. The second-order valence-electron chi connectivity index (χ2n) is 9.64. The molecule has 9 heteroatoms. The van der Waals surface area contributed by atoms with E-state index in [2.05, 4.69) is 34.5 Å². The molecule has 5 rings (SSSR count). The smallest absolute Gasteiger partial charge is 0.336 e. The van der Waals surface area contributed by atoms with E-state index in [0.29, 0.717) is 45.7 Å². The van der Waals surface area contributed by atoms with E-state index in [9.17, 15) is 9.59 Å². The number of aromatic nitrogens is 2. The van der Waals surface area contributed by atoms with Gasteiger partial charge in [0, 0.05) is 35.6 Å². The van der Waals surface area contributed by atoms with Crippen molar-refractivity contribution in [2.75, 3.05) is 14.2 Å². The van der Waals surface area contributed by atoms with Gasteiger partial charge in [-0.15, -0.1) is 5.10 Å². The molecule has 38 heavy (non-hydrogen) atoms. The van der Waals surface area contributed by atoms with Gasteiger partial charge in [0.2, 0.25) is 5.88 Å². The first-order chi connectivity index (χ1) is 18.4. The Bertz CT molecular complexity index is 1480. The van der Waals surface area contributed by atoms with E-state index in [1.165, 1.54) is 18.7 Å². The van der Waals surface area contributed by atoms with Gasteiger partial charge in [-0.2, -0.15) is 0 Å². The zero-order valence-corrected chi connectivity index (χ0v) is 21.4. The zero-order chi connectivity index (χ0) is 26.6. The summed E-state index contributed by atoms with van der Waals surface area (Å²) in [5.41, 5.74) is 3.62. The van der Waals surface area contributed by atoms with Crippen LogP contribution < -0.4 is 19.8 Å². The zero-order valence-electron chi connectivity index (χ0n) is 21.4. The van der Waals surface area contributed by atoms with Gasteiger partial charge in [-0.05, 0) is 54.7 Å². The summed E-state index contributed by atoms with van der Waals surface area (Å²) in [5.74, 6) is 1.45. The molecule has 4 aromatic rings. The molecule has 0 unspecified atom stereocenters. The Hall–Kier alpha value is -4.27. The van der Waals surface area contributed by atoms with E-state index in [0.717, 1.165) is 36.9 Å². The summed E-state index contributed by atoms with van der Waals surface area (Å²) in [4.78, 5) is 23.1. The van der Waals surface area contributed by atoms with Gasteiger partial charge in [0.05, 0.1) is 19.9 Å². The van der Waals surface area contributed by atoms with E-state index in [-0.39, 0.29) is 13.0 Å². The number of nitrogens with zero attached hydrogens (tertiary/aromatic N) is 1. The summed E-state index contributed by atoms with van der Waals surface area (Å²) in [7, 11) is 3.07. The lowest BCUT2D eigenvalue weighted by Gasteiger charge is -2.28. The number of carbonyl (C=O) groups is 1. The SMILES string of the molecule is COc1cc2oc(=O)cc(COc3cc(-c4ccc(C5CCC(CC(=O)O)CC5)cc4)[nH]n3)c2cc1OC. The molecule has 0 atom stereocenters. The van der Waals surface area contributed by atoms with Crippen LogP contribution in [0.2, 0.25) is 0 Å². The number of H-pyrrole nitrogens is 1. The third-order valence-electron chi connectivity index (χ3n) is 7.27. The van der Waals surface area contributed by atoms with Crippen LogP contribution in [0.25, 0.3) is 22.2 Å². The van der Waals surface area contributed by atoms with Gasteiger partial charge < -0.3 is 23.7 Å². The molecule has 2 aromatic heterocycles. The Labute approximate surface area is 219 Å². The number of hydrogen-bond donors (Lipinski definition) is 2. The fourth-order valence-corrected chi connectivity index (χ4v) is 5.23. The Morgan fingerprint density at radius 3 is 2.42 bits per heavy atom. The number of benzene rings is 2. The van der Waals surface area contributed by atoms with Gasteiger partial charge in [-0.1, -0.05) is 24.3 Å². The maximum absolute atomic E-state index is 12.1. The van der Waals surface area contributed by atoms with Crippen LogP contribution in [0.15, 0.2) is 57.7 Å². The van der Waals surface area contributed by atoms with Crippen LogP contribution in [-0.4, -0.2) is 35.5 Å². The highest BCUT2D eigenvalue weighted by Crippen LogP contribution is 2.38. The van der Waals surface area contributed by atoms with Crippen LogP contribution in [0.5, 0.6) is 17.4 Å². The van der Waals surface area contributed by atoms with Crippen molar-refractivity contribution in [3.05, 3.63) is 70.1 Å². The lowest BCUT2D eigenvalue weighted by Crippen LogP contribution is -2.16. The average Bonchev–Trinajstić information content (AvgIpc) is 3.40. The molecular weight excluding hydrogens is 488 g/mol. The van der Waals surface area contributed by atoms with Crippen molar-refractivity contribution < 1.29 is 28.5 Å². The van der Waals surface area contributed by atoms with Crippen LogP contribution in [0.4, 0.5) is 0 Å². The summed E-state index contributed by atoms with van der Waals surface area (Å²) >= 11 is 0. The number of methoxy groups -OCH3 is 2. The van der Waals surface area contributed by atoms with Crippen LogP contribution in [0.3, 0.4) is 0 Å². The molecule has 1 saturated carbocycles. The van der Waals surface area contributed by atoms with Crippen molar-refractivity contribution in [2.45, 2.75) is 44.6 Å². The number of carboxylic acids is 1. The maximum atomic E-state index is 12.1. The molecule has 1 aliphatic rings. The Balaban J connectivity index is 1.26. The molecule has 0 radical (unpaired) electrons. The number of hydrogen-bond acceptors (Lipinski definition) is 7. The largest absolute Gasteiger partial charge is 0.493 e. The minimum absolute atomic E-state index is 0.116. The van der Waals surface area contributed by atoms with Gasteiger partial charge in [0.1, 0.15) is 12.2 Å². The predicted octanol–water partition coefficient (Wildman–Crippen LogP) is 5.53.